The Morgan fingerprint density at radius 1 is 1.07 bits per heavy atom. The van der Waals surface area contributed by atoms with Gasteiger partial charge in [-0.15, -0.1) is 11.8 Å². The Morgan fingerprint density at radius 3 is 2.62 bits per heavy atom. The molecule has 3 aromatic rings. The van der Waals surface area contributed by atoms with Gasteiger partial charge in [-0.1, -0.05) is 36.4 Å². The summed E-state index contributed by atoms with van der Waals surface area (Å²) in [5.74, 6) is -0.278. The highest BCUT2D eigenvalue weighted by molar-refractivity contribution is 8.00. The second kappa shape index (κ2) is 8.09. The molecular weight excluding hydrogens is 387 g/mol. The Balaban J connectivity index is 1.62. The Kier molecular flexibility index (Phi) is 5.36. The van der Waals surface area contributed by atoms with Gasteiger partial charge in [-0.2, -0.15) is 0 Å². The predicted octanol–water partition coefficient (Wildman–Crippen LogP) is 5.17. The van der Waals surface area contributed by atoms with Crippen LogP contribution in [0.2, 0.25) is 0 Å². The van der Waals surface area contributed by atoms with Crippen LogP contribution in [0.15, 0.2) is 72.8 Å². The third-order valence-electron chi connectivity index (χ3n) is 4.83. The molecule has 2 amide bonds. The molecular formula is C23H19FN2O2S. The highest BCUT2D eigenvalue weighted by Gasteiger charge is 2.35. The van der Waals surface area contributed by atoms with E-state index in [0.29, 0.717) is 28.3 Å². The zero-order chi connectivity index (χ0) is 20.4. The highest BCUT2D eigenvalue weighted by atomic mass is 32.2. The minimum Gasteiger partial charge on any atom is -0.322 e. The van der Waals surface area contributed by atoms with E-state index in [2.05, 4.69) is 5.32 Å². The predicted molar refractivity (Wildman–Crippen MR) is 115 cm³/mol. The molecule has 3 aromatic carbocycles. The van der Waals surface area contributed by atoms with Crippen LogP contribution in [0.4, 0.5) is 15.8 Å². The number of hydrogen-bond acceptors (Lipinski definition) is 3. The molecule has 0 aromatic heterocycles. The first-order valence-corrected chi connectivity index (χ1v) is 10.2. The molecule has 1 N–H and O–H groups in total. The van der Waals surface area contributed by atoms with Crippen LogP contribution in [0.25, 0.3) is 0 Å². The minimum absolute atomic E-state index is 0.0626. The van der Waals surface area contributed by atoms with Crippen molar-refractivity contribution in [2.24, 2.45) is 0 Å². The number of amides is 2. The molecule has 0 radical (unpaired) electrons. The van der Waals surface area contributed by atoms with Crippen molar-refractivity contribution >= 4 is 35.0 Å². The number of carbonyl (C=O) groups is 2. The minimum atomic E-state index is -0.338. The van der Waals surface area contributed by atoms with Gasteiger partial charge >= 0.3 is 0 Å². The van der Waals surface area contributed by atoms with E-state index in [1.54, 1.807) is 36.1 Å². The maximum atomic E-state index is 14.1. The van der Waals surface area contributed by atoms with E-state index in [1.807, 2.05) is 42.5 Å². The van der Waals surface area contributed by atoms with E-state index in [-0.39, 0.29) is 23.0 Å². The maximum Gasteiger partial charge on any atom is 0.255 e. The summed E-state index contributed by atoms with van der Waals surface area (Å²) in [6.07, 6.45) is 0. The summed E-state index contributed by atoms with van der Waals surface area (Å²) >= 11 is 1.49. The zero-order valence-electron chi connectivity index (χ0n) is 15.8. The van der Waals surface area contributed by atoms with Gasteiger partial charge in [0.15, 0.2) is 0 Å². The van der Waals surface area contributed by atoms with Crippen molar-refractivity contribution in [1.29, 1.82) is 0 Å². The number of thioether (sulfide) groups is 1. The number of carbonyl (C=O) groups excluding carboxylic acids is 2. The number of rotatable bonds is 4. The van der Waals surface area contributed by atoms with Crippen LogP contribution in [0.5, 0.6) is 0 Å². The lowest BCUT2D eigenvalue weighted by molar-refractivity contribution is -0.115. The van der Waals surface area contributed by atoms with Gasteiger partial charge in [0.25, 0.3) is 5.91 Å². The summed E-state index contributed by atoms with van der Waals surface area (Å²) in [6, 6.07) is 21.2. The second-order valence-corrected chi connectivity index (χ2v) is 7.83. The van der Waals surface area contributed by atoms with Gasteiger partial charge < -0.3 is 5.32 Å². The summed E-state index contributed by atoms with van der Waals surface area (Å²) in [5.41, 5.74) is 3.11. The molecule has 4 rings (SSSR count). The third kappa shape index (κ3) is 3.89. The van der Waals surface area contributed by atoms with Gasteiger partial charge in [0.1, 0.15) is 11.2 Å². The van der Waals surface area contributed by atoms with Crippen LogP contribution in [-0.4, -0.2) is 17.6 Å². The summed E-state index contributed by atoms with van der Waals surface area (Å²) in [4.78, 5) is 26.7. The first-order valence-electron chi connectivity index (χ1n) is 9.20. The van der Waals surface area contributed by atoms with E-state index >= 15 is 0 Å². The molecule has 0 saturated carbocycles. The van der Waals surface area contributed by atoms with Crippen molar-refractivity contribution in [3.8, 4) is 0 Å². The van der Waals surface area contributed by atoms with Gasteiger partial charge in [-0.25, -0.2) is 4.39 Å². The van der Waals surface area contributed by atoms with Crippen LogP contribution in [0.1, 0.15) is 26.9 Å². The lowest BCUT2D eigenvalue weighted by Crippen LogP contribution is -2.28. The van der Waals surface area contributed by atoms with E-state index in [1.165, 1.54) is 17.8 Å². The van der Waals surface area contributed by atoms with Crippen molar-refractivity contribution in [3.63, 3.8) is 0 Å². The second-order valence-electron chi connectivity index (χ2n) is 6.76. The fourth-order valence-corrected chi connectivity index (χ4v) is 4.51. The number of benzene rings is 3. The van der Waals surface area contributed by atoms with Gasteiger partial charge in [0, 0.05) is 16.8 Å². The number of nitrogens with one attached hydrogen (secondary N) is 1. The van der Waals surface area contributed by atoms with Crippen molar-refractivity contribution < 1.29 is 14.0 Å². The Morgan fingerprint density at radius 2 is 1.83 bits per heavy atom. The molecule has 1 atom stereocenters. The van der Waals surface area contributed by atoms with Gasteiger partial charge in [0.2, 0.25) is 5.91 Å². The molecule has 1 fully saturated rings. The molecule has 6 heteroatoms. The van der Waals surface area contributed by atoms with Crippen molar-refractivity contribution in [2.45, 2.75) is 12.3 Å². The lowest BCUT2D eigenvalue weighted by Gasteiger charge is -2.26. The SMILES string of the molecule is Cc1c(F)cccc1N1C(=O)CSC1c1cccc(NC(=O)c2ccccc2)c1. The molecule has 1 aliphatic rings. The zero-order valence-corrected chi connectivity index (χ0v) is 16.6. The summed E-state index contributed by atoms with van der Waals surface area (Å²) in [7, 11) is 0. The first kappa shape index (κ1) is 19.2. The van der Waals surface area contributed by atoms with E-state index in [0.717, 1.165) is 5.56 Å². The van der Waals surface area contributed by atoms with Crippen LogP contribution >= 0.6 is 11.8 Å². The number of anilines is 2. The molecule has 146 valence electrons. The molecule has 1 heterocycles. The molecule has 1 saturated heterocycles. The molecule has 4 nitrogen and oxygen atoms in total. The van der Waals surface area contributed by atoms with E-state index < -0.39 is 0 Å². The largest absolute Gasteiger partial charge is 0.322 e. The normalized spacial score (nSPS) is 16.1. The van der Waals surface area contributed by atoms with Crippen LogP contribution in [0.3, 0.4) is 0 Å². The van der Waals surface area contributed by atoms with Gasteiger partial charge in [-0.3, -0.25) is 14.5 Å². The molecule has 1 unspecified atom stereocenters. The molecule has 0 spiro atoms. The standard InChI is InChI=1S/C23H19FN2O2S/c1-15-19(24)11-6-12-20(15)26-21(27)14-29-23(26)17-9-5-10-18(13-17)25-22(28)16-7-3-2-4-8-16/h2-13,23H,14H2,1H3,(H,25,28). The van der Waals surface area contributed by atoms with Crippen LogP contribution < -0.4 is 10.2 Å². The Labute approximate surface area is 172 Å². The van der Waals surface area contributed by atoms with E-state index in [4.69, 9.17) is 0 Å². The number of hydrogen-bond donors (Lipinski definition) is 1. The summed E-state index contributed by atoms with van der Waals surface area (Å²) in [5, 5.41) is 2.62. The highest BCUT2D eigenvalue weighted by Crippen LogP contribution is 2.43. The van der Waals surface area contributed by atoms with Gasteiger partial charge in [0.05, 0.1) is 11.4 Å². The first-order chi connectivity index (χ1) is 14.0. The van der Waals surface area contributed by atoms with Crippen molar-refractivity contribution in [1.82, 2.24) is 0 Å². The number of nitrogens with zero attached hydrogens (tertiary/aromatic N) is 1. The summed E-state index contributed by atoms with van der Waals surface area (Å²) < 4.78 is 14.1. The fraction of sp³-hybridized carbons (Fsp3) is 0.130. The average Bonchev–Trinajstić information content (AvgIpc) is 3.12. The third-order valence-corrected chi connectivity index (χ3v) is 6.04. The van der Waals surface area contributed by atoms with Crippen molar-refractivity contribution in [3.05, 3.63) is 95.3 Å². The maximum absolute atomic E-state index is 14.1. The van der Waals surface area contributed by atoms with Crippen LogP contribution in [0, 0.1) is 12.7 Å². The Hall–Kier alpha value is -3.12. The van der Waals surface area contributed by atoms with Crippen LogP contribution in [-0.2, 0) is 4.79 Å². The van der Waals surface area contributed by atoms with Gasteiger partial charge in [-0.05, 0) is 48.9 Å². The average molecular weight is 406 g/mol. The molecule has 0 bridgehead atoms. The van der Waals surface area contributed by atoms with E-state index in [9.17, 15) is 14.0 Å². The quantitative estimate of drug-likeness (QED) is 0.651. The molecule has 1 aliphatic heterocycles. The Bertz CT molecular complexity index is 1070. The number of halogens is 1. The molecule has 0 aliphatic carbocycles. The van der Waals surface area contributed by atoms with Crippen molar-refractivity contribution in [2.75, 3.05) is 16.0 Å². The summed E-state index contributed by atoms with van der Waals surface area (Å²) in [6.45, 7) is 1.68. The molecule has 29 heavy (non-hydrogen) atoms. The monoisotopic (exact) mass is 406 g/mol. The smallest absolute Gasteiger partial charge is 0.255 e. The topological polar surface area (TPSA) is 49.4 Å². The lowest BCUT2D eigenvalue weighted by atomic mass is 10.1. The fourth-order valence-electron chi connectivity index (χ4n) is 3.35.